The van der Waals surface area contributed by atoms with Crippen LogP contribution in [-0.2, 0) is 14.3 Å². The molecule has 1 aliphatic heterocycles. The Bertz CT molecular complexity index is 981. The summed E-state index contributed by atoms with van der Waals surface area (Å²) in [6, 6.07) is 2.65. The number of carbonyl (C=O) groups excluding carboxylic acids is 1. The van der Waals surface area contributed by atoms with E-state index in [1.807, 2.05) is 0 Å². The maximum atomic E-state index is 11.9. The second-order valence-corrected chi connectivity index (χ2v) is 16.2. The van der Waals surface area contributed by atoms with Gasteiger partial charge < -0.3 is 9.47 Å². The Morgan fingerprint density at radius 3 is 2.35 bits per heavy atom. The number of nitrogens with zero attached hydrogens (tertiary/aromatic N) is 1. The van der Waals surface area contributed by atoms with E-state index in [1.165, 1.54) is 51.9 Å². The molecule has 0 aromatic heterocycles. The predicted octanol–water partition coefficient (Wildman–Crippen LogP) is 7.95. The minimum absolute atomic E-state index is 0.0932. The summed E-state index contributed by atoms with van der Waals surface area (Å²) in [5.74, 6) is 2.04. The molecule has 4 saturated carbocycles. The van der Waals surface area contributed by atoms with Crippen LogP contribution in [-0.4, -0.2) is 24.8 Å². The van der Waals surface area contributed by atoms with Crippen LogP contribution < -0.4 is 0 Å². The summed E-state index contributed by atoms with van der Waals surface area (Å²) in [6.45, 7) is 21.7. The zero-order chi connectivity index (χ0) is 27.2. The van der Waals surface area contributed by atoms with Crippen molar-refractivity contribution in [1.82, 2.24) is 0 Å². The first-order valence-corrected chi connectivity index (χ1v) is 15.2. The van der Waals surface area contributed by atoms with Gasteiger partial charge in [-0.25, -0.2) is 0 Å². The van der Waals surface area contributed by atoms with E-state index in [4.69, 9.17) is 9.47 Å². The van der Waals surface area contributed by atoms with Crippen molar-refractivity contribution in [3.05, 3.63) is 0 Å². The second kappa shape index (κ2) is 8.46. The molecule has 0 aromatic rings. The minimum Gasteiger partial charge on any atom is -0.462 e. The summed E-state index contributed by atoms with van der Waals surface area (Å²) in [4.78, 5) is 11.9. The van der Waals surface area contributed by atoms with Gasteiger partial charge in [0.05, 0.1) is 18.8 Å². The summed E-state index contributed by atoms with van der Waals surface area (Å²) >= 11 is 0. The summed E-state index contributed by atoms with van der Waals surface area (Å²) in [5, 5.41) is 10.2. The number of rotatable bonds is 4. The van der Waals surface area contributed by atoms with Gasteiger partial charge in [-0.15, -0.1) is 0 Å². The topological polar surface area (TPSA) is 59.3 Å². The van der Waals surface area contributed by atoms with Gasteiger partial charge in [-0.05, 0) is 109 Å². The van der Waals surface area contributed by atoms with Crippen LogP contribution in [0.3, 0.4) is 0 Å². The summed E-state index contributed by atoms with van der Waals surface area (Å²) in [6.07, 6.45) is 10.9. The van der Waals surface area contributed by atoms with E-state index in [0.717, 1.165) is 13.0 Å². The van der Waals surface area contributed by atoms with Crippen LogP contribution in [0, 0.1) is 67.5 Å². The molecule has 5 aliphatic rings. The minimum atomic E-state index is -0.209. The molecule has 37 heavy (non-hydrogen) atoms. The quantitative estimate of drug-likeness (QED) is 0.359. The molecular weight excluding hydrogens is 458 g/mol. The fraction of sp³-hybridized carbons (Fsp3) is 0.939. The van der Waals surface area contributed by atoms with E-state index in [-0.39, 0.29) is 39.1 Å². The molecule has 0 unspecified atom stereocenters. The SMILES string of the molecule is CC(=O)O[C@H](C)C(C)(C)[C@@H]1CC[C@]2(C)[C@H](CC[C@@H]3[C@H]4[C@H]5OC[C@@]4(CCC5(C)C)CC[C@]32C)[C@@]1(C)CC#N. The first kappa shape index (κ1) is 27.5. The number of ether oxygens (including phenoxy) is 2. The van der Waals surface area contributed by atoms with Crippen molar-refractivity contribution in [2.24, 2.45) is 56.2 Å². The third-order valence-electron chi connectivity index (χ3n) is 14.1. The van der Waals surface area contributed by atoms with Crippen LogP contribution in [0.1, 0.15) is 120 Å². The Balaban J connectivity index is 1.52. The van der Waals surface area contributed by atoms with Crippen molar-refractivity contribution < 1.29 is 14.3 Å². The van der Waals surface area contributed by atoms with Crippen molar-refractivity contribution in [3.8, 4) is 6.07 Å². The smallest absolute Gasteiger partial charge is 0.302 e. The van der Waals surface area contributed by atoms with Gasteiger partial charge in [0.15, 0.2) is 0 Å². The molecule has 0 amide bonds. The van der Waals surface area contributed by atoms with E-state index in [1.54, 1.807) is 0 Å². The highest BCUT2D eigenvalue weighted by molar-refractivity contribution is 5.66. The van der Waals surface area contributed by atoms with E-state index in [9.17, 15) is 10.1 Å². The molecule has 0 N–H and O–H groups in total. The largest absolute Gasteiger partial charge is 0.462 e. The number of esters is 1. The fourth-order valence-electron chi connectivity index (χ4n) is 11.7. The first-order chi connectivity index (χ1) is 17.1. The molecule has 4 heteroatoms. The summed E-state index contributed by atoms with van der Waals surface area (Å²) in [5.41, 5.74) is 0.877. The Kier molecular flexibility index (Phi) is 6.28. The Hall–Kier alpha value is -1.08. The van der Waals surface area contributed by atoms with Crippen LogP contribution in [0.15, 0.2) is 0 Å². The van der Waals surface area contributed by atoms with Gasteiger partial charge in [-0.1, -0.05) is 48.5 Å². The van der Waals surface area contributed by atoms with Gasteiger partial charge in [0.1, 0.15) is 6.10 Å². The average molecular weight is 512 g/mol. The number of hydrogen-bond donors (Lipinski definition) is 0. The van der Waals surface area contributed by atoms with Crippen molar-refractivity contribution in [2.45, 2.75) is 132 Å². The monoisotopic (exact) mass is 511 g/mol. The molecule has 0 aromatic carbocycles. The zero-order valence-corrected chi connectivity index (χ0v) is 25.2. The standard InChI is InChI=1S/C33H53NO3/c1-21(37-22(2)35)29(5,6)24-12-13-32(9)25(30(24,7)18-19-34)11-10-23-26-27-28(3,4)14-16-33(26,20-36-27)17-15-31(23,32)8/h21,23-27H,10-18,20H2,1-9H3/t21-,23-,24+,25-,26+,27-,30+,31-,32-,33-/m1/s1. The zero-order valence-electron chi connectivity index (χ0n) is 25.2. The van der Waals surface area contributed by atoms with Gasteiger partial charge in [0.25, 0.3) is 0 Å². The van der Waals surface area contributed by atoms with Gasteiger partial charge in [-0.3, -0.25) is 4.79 Å². The Morgan fingerprint density at radius 1 is 1.03 bits per heavy atom. The maximum absolute atomic E-state index is 11.9. The number of carbonyl (C=O) groups is 1. The maximum Gasteiger partial charge on any atom is 0.302 e. The normalized spacial score (nSPS) is 49.1. The molecule has 4 aliphatic carbocycles. The lowest BCUT2D eigenvalue weighted by Crippen LogP contribution is -2.66. The molecule has 0 radical (unpaired) electrons. The molecule has 2 bridgehead atoms. The predicted molar refractivity (Wildman–Crippen MR) is 146 cm³/mol. The molecule has 5 fully saturated rings. The molecule has 5 rings (SSSR count). The third kappa shape index (κ3) is 3.57. The lowest BCUT2D eigenvalue weighted by atomic mass is 9.32. The van der Waals surface area contributed by atoms with Crippen LogP contribution in [0.2, 0.25) is 0 Å². The van der Waals surface area contributed by atoms with E-state index in [2.05, 4.69) is 61.5 Å². The van der Waals surface area contributed by atoms with Crippen LogP contribution >= 0.6 is 0 Å². The summed E-state index contributed by atoms with van der Waals surface area (Å²) in [7, 11) is 0. The number of nitriles is 1. The Morgan fingerprint density at radius 2 is 1.70 bits per heavy atom. The molecule has 0 spiro atoms. The highest BCUT2D eigenvalue weighted by Crippen LogP contribution is 2.77. The number of hydrogen-bond acceptors (Lipinski definition) is 4. The van der Waals surface area contributed by atoms with Crippen molar-refractivity contribution in [1.29, 1.82) is 5.26 Å². The van der Waals surface area contributed by atoms with E-state index < -0.39 is 0 Å². The highest BCUT2D eigenvalue weighted by atomic mass is 16.5. The van der Waals surface area contributed by atoms with Crippen LogP contribution in [0.5, 0.6) is 0 Å². The van der Waals surface area contributed by atoms with Crippen LogP contribution in [0.25, 0.3) is 0 Å². The Labute approximate surface area is 226 Å². The van der Waals surface area contributed by atoms with Gasteiger partial charge in [-0.2, -0.15) is 5.26 Å². The van der Waals surface area contributed by atoms with Gasteiger partial charge in [0, 0.05) is 18.8 Å². The third-order valence-corrected chi connectivity index (χ3v) is 14.1. The van der Waals surface area contributed by atoms with E-state index >= 15 is 0 Å². The van der Waals surface area contributed by atoms with Gasteiger partial charge in [0.2, 0.25) is 0 Å². The van der Waals surface area contributed by atoms with E-state index in [0.29, 0.717) is 41.6 Å². The molecule has 1 heterocycles. The molecule has 10 atom stereocenters. The fourth-order valence-corrected chi connectivity index (χ4v) is 11.7. The number of fused-ring (bicyclic) bond motifs is 3. The van der Waals surface area contributed by atoms with Gasteiger partial charge >= 0.3 is 5.97 Å². The molecule has 208 valence electrons. The lowest BCUT2D eigenvalue weighted by Gasteiger charge is -2.72. The molecular formula is C33H53NO3. The summed E-state index contributed by atoms with van der Waals surface area (Å²) < 4.78 is 12.5. The average Bonchev–Trinajstić information content (AvgIpc) is 3.13. The molecule has 4 nitrogen and oxygen atoms in total. The van der Waals surface area contributed by atoms with Crippen molar-refractivity contribution in [3.63, 3.8) is 0 Å². The van der Waals surface area contributed by atoms with Crippen molar-refractivity contribution in [2.75, 3.05) is 6.61 Å². The lowest BCUT2D eigenvalue weighted by molar-refractivity contribution is -0.239. The van der Waals surface area contributed by atoms with Crippen LogP contribution in [0.4, 0.5) is 0 Å². The molecule has 1 saturated heterocycles. The first-order valence-electron chi connectivity index (χ1n) is 15.2. The van der Waals surface area contributed by atoms with Crippen molar-refractivity contribution >= 4 is 5.97 Å². The highest BCUT2D eigenvalue weighted by Gasteiger charge is 2.72. The second-order valence-electron chi connectivity index (χ2n) is 16.2.